The fourth-order valence-electron chi connectivity index (χ4n) is 1.11. The first-order valence-corrected chi connectivity index (χ1v) is 4.93. The Morgan fingerprint density at radius 1 is 1.29 bits per heavy atom. The number of carboxylic acid groups (broad SMARTS) is 1. The first kappa shape index (κ1) is 13.0. The van der Waals surface area contributed by atoms with Gasteiger partial charge in [-0.2, -0.15) is 0 Å². The number of primary amides is 1. The molecule has 0 spiro atoms. The number of rotatable bonds is 1. The van der Waals surface area contributed by atoms with Crippen LogP contribution in [0.3, 0.4) is 0 Å². The molecule has 6 heteroatoms. The van der Waals surface area contributed by atoms with Crippen LogP contribution in [-0.4, -0.2) is 41.0 Å². The molecule has 14 heavy (non-hydrogen) atoms. The zero-order chi connectivity index (χ0) is 11.0. The molecule has 1 aliphatic heterocycles. The molecule has 1 rings (SSSR count). The third kappa shape index (κ3) is 6.54. The first-order valence-electron chi connectivity index (χ1n) is 4.40. The van der Waals surface area contributed by atoms with Gasteiger partial charge < -0.3 is 15.7 Å². The van der Waals surface area contributed by atoms with Crippen LogP contribution in [0, 0.1) is 0 Å². The Bertz CT molecular complexity index is 193. The average Bonchev–Trinajstić information content (AvgIpc) is 2.20. The lowest BCUT2D eigenvalue weighted by atomic mass is 10.1. The average molecular weight is 223 g/mol. The molecule has 0 bridgehead atoms. The Morgan fingerprint density at radius 2 is 1.71 bits per heavy atom. The summed E-state index contributed by atoms with van der Waals surface area (Å²) in [6.45, 7) is 1.71. The summed E-state index contributed by atoms with van der Waals surface area (Å²) in [4.78, 5) is 21.4. The van der Waals surface area contributed by atoms with E-state index in [1.807, 2.05) is 0 Å². The van der Waals surface area contributed by atoms with Gasteiger partial charge in [-0.15, -0.1) is 11.6 Å². The van der Waals surface area contributed by atoms with E-state index in [2.05, 4.69) is 0 Å². The summed E-state index contributed by atoms with van der Waals surface area (Å²) < 4.78 is 0. The molecular formula is C8H15ClN2O3. The Labute approximate surface area is 87.8 Å². The van der Waals surface area contributed by atoms with Crippen LogP contribution in [0.5, 0.6) is 0 Å². The van der Waals surface area contributed by atoms with Gasteiger partial charge >= 0.3 is 12.0 Å². The molecule has 1 heterocycles. The molecular weight excluding hydrogens is 208 g/mol. The van der Waals surface area contributed by atoms with E-state index in [0.717, 1.165) is 25.9 Å². The lowest BCUT2D eigenvalue weighted by molar-refractivity contribution is -0.134. The number of amides is 2. The van der Waals surface area contributed by atoms with E-state index in [1.54, 1.807) is 4.90 Å². The highest BCUT2D eigenvalue weighted by molar-refractivity contribution is 6.26. The molecule has 0 aliphatic carbocycles. The van der Waals surface area contributed by atoms with Gasteiger partial charge in [0.1, 0.15) is 5.88 Å². The van der Waals surface area contributed by atoms with E-state index >= 15 is 0 Å². The molecule has 2 amide bonds. The van der Waals surface area contributed by atoms with Gasteiger partial charge in [0.25, 0.3) is 0 Å². The lowest BCUT2D eigenvalue weighted by Gasteiger charge is -2.24. The van der Waals surface area contributed by atoms with Crippen molar-refractivity contribution in [3.05, 3.63) is 0 Å². The Morgan fingerprint density at radius 3 is 1.93 bits per heavy atom. The van der Waals surface area contributed by atoms with Crippen molar-refractivity contribution in [2.45, 2.75) is 19.3 Å². The predicted molar refractivity (Wildman–Crippen MR) is 53.4 cm³/mol. The number of likely N-dealkylation sites (tertiary alicyclic amines) is 1. The van der Waals surface area contributed by atoms with Crippen molar-refractivity contribution < 1.29 is 14.7 Å². The van der Waals surface area contributed by atoms with Gasteiger partial charge in [-0.3, -0.25) is 4.79 Å². The minimum Gasteiger partial charge on any atom is -0.480 e. The van der Waals surface area contributed by atoms with E-state index in [-0.39, 0.29) is 11.9 Å². The fourth-order valence-corrected chi connectivity index (χ4v) is 1.11. The molecule has 82 valence electrons. The maximum Gasteiger partial charge on any atom is 0.318 e. The topological polar surface area (TPSA) is 83.6 Å². The van der Waals surface area contributed by atoms with Gasteiger partial charge in [-0.05, 0) is 19.3 Å². The van der Waals surface area contributed by atoms with Crippen molar-refractivity contribution in [3.63, 3.8) is 0 Å². The number of hydrogen-bond acceptors (Lipinski definition) is 2. The summed E-state index contributed by atoms with van der Waals surface area (Å²) in [7, 11) is 0. The number of nitrogens with zero attached hydrogens (tertiary/aromatic N) is 1. The first-order chi connectivity index (χ1) is 6.57. The summed E-state index contributed by atoms with van der Waals surface area (Å²) >= 11 is 4.74. The predicted octanol–water partition coefficient (Wildman–Crippen LogP) is 0.861. The number of nitrogens with two attached hydrogens (primary N) is 1. The van der Waals surface area contributed by atoms with Gasteiger partial charge in [-0.25, -0.2) is 4.79 Å². The summed E-state index contributed by atoms with van der Waals surface area (Å²) in [6.07, 6.45) is 3.47. The minimum atomic E-state index is -0.980. The van der Waals surface area contributed by atoms with Gasteiger partial charge in [0.2, 0.25) is 0 Å². The van der Waals surface area contributed by atoms with Crippen molar-refractivity contribution >= 4 is 23.6 Å². The lowest BCUT2D eigenvalue weighted by Crippen LogP contribution is -2.39. The molecule has 0 aromatic rings. The Kier molecular flexibility index (Phi) is 6.92. The smallest absolute Gasteiger partial charge is 0.318 e. The number of aliphatic carboxylic acids is 1. The molecule has 3 N–H and O–H groups in total. The van der Waals surface area contributed by atoms with Crippen LogP contribution in [0.1, 0.15) is 19.3 Å². The largest absolute Gasteiger partial charge is 0.480 e. The van der Waals surface area contributed by atoms with E-state index in [1.165, 1.54) is 6.42 Å². The maximum atomic E-state index is 10.5. The highest BCUT2D eigenvalue weighted by atomic mass is 35.5. The third-order valence-corrected chi connectivity index (χ3v) is 2.01. The standard InChI is InChI=1S/C6H12N2O.C2H3ClO2/c7-6(9)8-4-2-1-3-5-8;3-1-2(4)5/h1-5H2,(H2,7,9);1H2,(H,4,5). The second-order valence-electron chi connectivity index (χ2n) is 2.91. The van der Waals surface area contributed by atoms with Gasteiger partial charge in [-0.1, -0.05) is 0 Å². The summed E-state index contributed by atoms with van der Waals surface area (Å²) in [5.74, 6) is -1.29. The van der Waals surface area contributed by atoms with Crippen LogP contribution >= 0.6 is 11.6 Å². The maximum absolute atomic E-state index is 10.5. The number of carboxylic acids is 1. The zero-order valence-corrected chi connectivity index (χ0v) is 8.66. The van der Waals surface area contributed by atoms with E-state index in [9.17, 15) is 9.59 Å². The number of carbonyl (C=O) groups excluding carboxylic acids is 1. The van der Waals surface area contributed by atoms with Crippen LogP contribution in [-0.2, 0) is 4.79 Å². The van der Waals surface area contributed by atoms with Crippen LogP contribution in [0.4, 0.5) is 4.79 Å². The SMILES string of the molecule is NC(=O)N1CCCCC1.O=C(O)CCl. The molecule has 1 aliphatic rings. The molecule has 1 fully saturated rings. The Balaban J connectivity index is 0.000000292. The molecule has 0 atom stereocenters. The minimum absolute atomic E-state index is 0.269. The van der Waals surface area contributed by atoms with Crippen molar-refractivity contribution in [2.75, 3.05) is 19.0 Å². The summed E-state index contributed by atoms with van der Waals surface area (Å²) in [6, 6.07) is -0.269. The molecule has 1 saturated heterocycles. The van der Waals surface area contributed by atoms with Crippen LogP contribution < -0.4 is 5.73 Å². The fraction of sp³-hybridized carbons (Fsp3) is 0.750. The second-order valence-corrected chi connectivity index (χ2v) is 3.18. The number of carbonyl (C=O) groups is 2. The molecule has 0 unspecified atom stereocenters. The zero-order valence-electron chi connectivity index (χ0n) is 7.91. The van der Waals surface area contributed by atoms with Crippen molar-refractivity contribution in [3.8, 4) is 0 Å². The van der Waals surface area contributed by atoms with Gasteiger partial charge in [0, 0.05) is 13.1 Å². The highest BCUT2D eigenvalue weighted by Gasteiger charge is 2.11. The molecule has 0 aromatic heterocycles. The number of alkyl halides is 1. The van der Waals surface area contributed by atoms with Gasteiger partial charge in [0.15, 0.2) is 0 Å². The van der Waals surface area contributed by atoms with E-state index in [4.69, 9.17) is 22.4 Å². The summed E-state index contributed by atoms with van der Waals surface area (Å²) in [5, 5.41) is 7.59. The van der Waals surface area contributed by atoms with E-state index < -0.39 is 5.97 Å². The van der Waals surface area contributed by atoms with Gasteiger partial charge in [0.05, 0.1) is 0 Å². The number of urea groups is 1. The van der Waals surface area contributed by atoms with Crippen LogP contribution in [0.25, 0.3) is 0 Å². The third-order valence-electron chi connectivity index (χ3n) is 1.78. The normalized spacial score (nSPS) is 15.4. The van der Waals surface area contributed by atoms with Crippen LogP contribution in [0.15, 0.2) is 0 Å². The molecule has 0 saturated carbocycles. The quantitative estimate of drug-likeness (QED) is 0.646. The molecule has 5 nitrogen and oxygen atoms in total. The van der Waals surface area contributed by atoms with E-state index in [0.29, 0.717) is 0 Å². The van der Waals surface area contributed by atoms with Crippen molar-refractivity contribution in [2.24, 2.45) is 5.73 Å². The van der Waals surface area contributed by atoms with Crippen LogP contribution in [0.2, 0.25) is 0 Å². The number of hydrogen-bond donors (Lipinski definition) is 2. The second kappa shape index (κ2) is 7.44. The monoisotopic (exact) mass is 222 g/mol. The number of halogens is 1. The Hall–Kier alpha value is -0.970. The van der Waals surface area contributed by atoms with Crippen molar-refractivity contribution in [1.82, 2.24) is 4.90 Å². The highest BCUT2D eigenvalue weighted by Crippen LogP contribution is 2.06. The molecule has 0 radical (unpaired) electrons. The molecule has 0 aromatic carbocycles. The number of piperidine rings is 1. The summed E-state index contributed by atoms with van der Waals surface area (Å²) in [5.41, 5.74) is 5.05. The van der Waals surface area contributed by atoms with Crippen molar-refractivity contribution in [1.29, 1.82) is 0 Å².